The average Bonchev–Trinajstić information content (AvgIpc) is 2.61. The average molecular weight is 313 g/mol. The third kappa shape index (κ3) is 3.72. The highest BCUT2D eigenvalue weighted by atomic mass is 32.2. The van der Waals surface area contributed by atoms with E-state index < -0.39 is 0 Å². The Kier molecular flexibility index (Phi) is 5.54. The second-order valence-corrected chi connectivity index (χ2v) is 6.71. The van der Waals surface area contributed by atoms with Crippen LogP contribution in [0.2, 0.25) is 0 Å². The number of thioether (sulfide) groups is 1. The Labute approximate surface area is 137 Å². The minimum Gasteiger partial charge on any atom is -0.374 e. The molecule has 0 aromatic heterocycles. The molecule has 1 saturated heterocycles. The molecule has 1 N–H and O–H groups in total. The number of benzene rings is 2. The van der Waals surface area contributed by atoms with Gasteiger partial charge in [0.2, 0.25) is 0 Å². The molecule has 0 aliphatic carbocycles. The molecule has 1 heterocycles. The first-order valence-electron chi connectivity index (χ1n) is 8.00. The van der Waals surface area contributed by atoms with E-state index in [9.17, 15) is 0 Å². The first-order valence-corrected chi connectivity index (χ1v) is 8.88. The normalized spacial score (nSPS) is 19.8. The topological polar surface area (TPSA) is 21.3 Å². The summed E-state index contributed by atoms with van der Waals surface area (Å²) in [5, 5.41) is 3.78. The second kappa shape index (κ2) is 7.82. The first-order chi connectivity index (χ1) is 10.9. The zero-order valence-corrected chi connectivity index (χ0v) is 13.8. The van der Waals surface area contributed by atoms with Gasteiger partial charge in [0.1, 0.15) is 0 Å². The lowest BCUT2D eigenvalue weighted by Crippen LogP contribution is -2.41. The molecule has 1 aliphatic rings. The molecular weight excluding hydrogens is 290 g/mol. The fourth-order valence-electron chi connectivity index (χ4n) is 2.83. The quantitative estimate of drug-likeness (QED) is 0.841. The predicted octanol–water partition coefficient (Wildman–Crippen LogP) is 4.07. The third-order valence-corrected chi connectivity index (χ3v) is 5.51. The van der Waals surface area contributed by atoms with Gasteiger partial charge in [-0.05, 0) is 23.6 Å². The molecule has 3 heteroatoms. The fourth-order valence-corrected chi connectivity index (χ4v) is 4.24. The number of rotatable bonds is 5. The highest BCUT2D eigenvalue weighted by molar-refractivity contribution is 7.99. The van der Waals surface area contributed by atoms with Crippen LogP contribution in [-0.2, 0) is 11.2 Å². The smallest absolute Gasteiger partial charge is 0.0862 e. The number of hydrogen-bond acceptors (Lipinski definition) is 3. The summed E-state index contributed by atoms with van der Waals surface area (Å²) in [6.45, 7) is 4.88. The van der Waals surface area contributed by atoms with Gasteiger partial charge in [-0.1, -0.05) is 55.5 Å². The zero-order valence-electron chi connectivity index (χ0n) is 13.0. The molecule has 0 amide bonds. The van der Waals surface area contributed by atoms with Crippen LogP contribution in [0.25, 0.3) is 0 Å². The molecule has 3 rings (SSSR count). The molecular formula is C19H23NOS. The van der Waals surface area contributed by atoms with Gasteiger partial charge in [0.05, 0.1) is 18.0 Å². The molecule has 2 aromatic rings. The van der Waals surface area contributed by atoms with Gasteiger partial charge in [0.15, 0.2) is 0 Å². The molecule has 0 bridgehead atoms. The van der Waals surface area contributed by atoms with Crippen molar-refractivity contribution in [1.29, 1.82) is 0 Å². The Morgan fingerprint density at radius 2 is 1.91 bits per heavy atom. The summed E-state index contributed by atoms with van der Waals surface area (Å²) in [7, 11) is 0. The van der Waals surface area contributed by atoms with E-state index in [1.165, 1.54) is 16.0 Å². The van der Waals surface area contributed by atoms with Gasteiger partial charge in [-0.2, -0.15) is 0 Å². The van der Waals surface area contributed by atoms with Crippen LogP contribution in [0.3, 0.4) is 0 Å². The van der Waals surface area contributed by atoms with Crippen molar-refractivity contribution in [3.63, 3.8) is 0 Å². The Hall–Kier alpha value is -1.29. The lowest BCUT2D eigenvalue weighted by Gasteiger charge is -2.31. The molecule has 116 valence electrons. The van der Waals surface area contributed by atoms with Crippen LogP contribution in [0, 0.1) is 0 Å². The monoisotopic (exact) mass is 313 g/mol. The second-order valence-electron chi connectivity index (χ2n) is 5.52. The predicted molar refractivity (Wildman–Crippen MR) is 93.5 cm³/mol. The van der Waals surface area contributed by atoms with Crippen LogP contribution in [0.1, 0.15) is 23.3 Å². The SMILES string of the molecule is CCc1ccccc1SC(c1ccccc1)[C@H]1CNCCO1. The van der Waals surface area contributed by atoms with E-state index in [1.807, 2.05) is 11.8 Å². The number of hydrogen-bond donors (Lipinski definition) is 1. The van der Waals surface area contributed by atoms with Gasteiger partial charge < -0.3 is 10.1 Å². The Bertz CT molecular complexity index is 581. The maximum atomic E-state index is 6.06. The van der Waals surface area contributed by atoms with Crippen LogP contribution >= 0.6 is 11.8 Å². The van der Waals surface area contributed by atoms with E-state index in [0.29, 0.717) is 5.25 Å². The van der Waals surface area contributed by atoms with Crippen LogP contribution in [0.4, 0.5) is 0 Å². The van der Waals surface area contributed by atoms with Gasteiger partial charge in [-0.25, -0.2) is 0 Å². The highest BCUT2D eigenvalue weighted by Crippen LogP contribution is 2.40. The van der Waals surface area contributed by atoms with Crippen molar-refractivity contribution in [2.24, 2.45) is 0 Å². The molecule has 1 aliphatic heterocycles. The van der Waals surface area contributed by atoms with Gasteiger partial charge in [-0.3, -0.25) is 0 Å². The molecule has 0 saturated carbocycles. The summed E-state index contributed by atoms with van der Waals surface area (Å²) in [5.74, 6) is 0. The molecule has 0 radical (unpaired) electrons. The summed E-state index contributed by atoms with van der Waals surface area (Å²) in [5.41, 5.74) is 2.75. The third-order valence-electron chi connectivity index (χ3n) is 4.03. The Morgan fingerprint density at radius 3 is 2.64 bits per heavy atom. The standard InChI is InChI=1S/C19H23NOS/c1-2-15-8-6-7-11-18(15)22-19(16-9-4-3-5-10-16)17-14-20-12-13-21-17/h3-11,17,19-20H,2,12-14H2,1H3/t17-,19?/m1/s1. The van der Waals surface area contributed by atoms with E-state index in [4.69, 9.17) is 4.74 Å². The van der Waals surface area contributed by atoms with Crippen LogP contribution < -0.4 is 5.32 Å². The van der Waals surface area contributed by atoms with Crippen molar-refractivity contribution in [3.05, 3.63) is 65.7 Å². The van der Waals surface area contributed by atoms with E-state index in [1.54, 1.807) is 0 Å². The van der Waals surface area contributed by atoms with Gasteiger partial charge in [0, 0.05) is 18.0 Å². The van der Waals surface area contributed by atoms with Gasteiger partial charge in [-0.15, -0.1) is 11.8 Å². The van der Waals surface area contributed by atoms with E-state index in [0.717, 1.165) is 26.1 Å². The summed E-state index contributed by atoms with van der Waals surface area (Å²) < 4.78 is 6.06. The molecule has 0 spiro atoms. The lowest BCUT2D eigenvalue weighted by molar-refractivity contribution is 0.0273. The molecule has 22 heavy (non-hydrogen) atoms. The minimum absolute atomic E-state index is 0.214. The van der Waals surface area contributed by atoms with E-state index >= 15 is 0 Å². The largest absolute Gasteiger partial charge is 0.374 e. The van der Waals surface area contributed by atoms with Gasteiger partial charge >= 0.3 is 0 Å². The zero-order chi connectivity index (χ0) is 15.2. The van der Waals surface area contributed by atoms with Crippen molar-refractivity contribution < 1.29 is 4.74 Å². The molecule has 1 unspecified atom stereocenters. The number of morpholine rings is 1. The van der Waals surface area contributed by atoms with E-state index in [2.05, 4.69) is 66.8 Å². The summed E-state index contributed by atoms with van der Waals surface area (Å²) in [6.07, 6.45) is 1.28. The highest BCUT2D eigenvalue weighted by Gasteiger charge is 2.27. The van der Waals surface area contributed by atoms with Crippen molar-refractivity contribution in [1.82, 2.24) is 5.32 Å². The van der Waals surface area contributed by atoms with Crippen LogP contribution in [-0.4, -0.2) is 25.8 Å². The fraction of sp³-hybridized carbons (Fsp3) is 0.368. The maximum absolute atomic E-state index is 6.06. The van der Waals surface area contributed by atoms with Crippen molar-refractivity contribution in [2.75, 3.05) is 19.7 Å². The lowest BCUT2D eigenvalue weighted by atomic mass is 10.1. The number of aryl methyl sites for hydroxylation is 1. The summed E-state index contributed by atoms with van der Waals surface area (Å²) >= 11 is 1.93. The van der Waals surface area contributed by atoms with Crippen molar-refractivity contribution in [3.8, 4) is 0 Å². The summed E-state index contributed by atoms with van der Waals surface area (Å²) in [4.78, 5) is 1.37. The Morgan fingerprint density at radius 1 is 1.14 bits per heavy atom. The molecule has 2 nitrogen and oxygen atoms in total. The van der Waals surface area contributed by atoms with Crippen molar-refractivity contribution in [2.45, 2.75) is 29.6 Å². The minimum atomic E-state index is 0.214. The van der Waals surface area contributed by atoms with E-state index in [-0.39, 0.29) is 6.10 Å². The number of ether oxygens (including phenoxy) is 1. The molecule has 2 aromatic carbocycles. The summed E-state index contributed by atoms with van der Waals surface area (Å²) in [6, 6.07) is 19.4. The van der Waals surface area contributed by atoms with Crippen molar-refractivity contribution >= 4 is 11.8 Å². The van der Waals surface area contributed by atoms with Gasteiger partial charge in [0.25, 0.3) is 0 Å². The first kappa shape index (κ1) is 15.6. The molecule has 2 atom stereocenters. The molecule has 1 fully saturated rings. The maximum Gasteiger partial charge on any atom is 0.0862 e. The van der Waals surface area contributed by atoms with Crippen LogP contribution in [0.15, 0.2) is 59.5 Å². The van der Waals surface area contributed by atoms with Crippen LogP contribution in [0.5, 0.6) is 0 Å². The Balaban J connectivity index is 1.88. The number of nitrogens with one attached hydrogen (secondary N) is 1.